The number of halogens is 1. The minimum atomic E-state index is -0.149. The molecule has 1 rings (SSSR count). The lowest BCUT2D eigenvalue weighted by atomic mass is 9.87. The van der Waals surface area contributed by atoms with Crippen molar-refractivity contribution in [3.05, 3.63) is 35.6 Å². The maximum atomic E-state index is 13.1. The Balaban J connectivity index is 2.65. The molecule has 1 aromatic rings. The first kappa shape index (κ1) is 17.2. The van der Waals surface area contributed by atoms with Gasteiger partial charge in [0.25, 0.3) is 0 Å². The molecule has 0 fully saturated rings. The summed E-state index contributed by atoms with van der Waals surface area (Å²) >= 11 is 0. The van der Waals surface area contributed by atoms with E-state index in [1.165, 1.54) is 24.8 Å². The van der Waals surface area contributed by atoms with Crippen molar-refractivity contribution in [3.8, 4) is 0 Å². The molecule has 20 heavy (non-hydrogen) atoms. The highest BCUT2D eigenvalue weighted by Crippen LogP contribution is 2.26. The van der Waals surface area contributed by atoms with Crippen LogP contribution in [0, 0.1) is 17.7 Å². The van der Waals surface area contributed by atoms with Gasteiger partial charge in [-0.25, -0.2) is 4.39 Å². The fourth-order valence-corrected chi connectivity index (χ4v) is 2.71. The van der Waals surface area contributed by atoms with Crippen molar-refractivity contribution < 1.29 is 4.39 Å². The molecule has 2 atom stereocenters. The summed E-state index contributed by atoms with van der Waals surface area (Å²) in [6.45, 7) is 11.0. The van der Waals surface area contributed by atoms with Crippen molar-refractivity contribution in [2.75, 3.05) is 13.1 Å². The van der Waals surface area contributed by atoms with Gasteiger partial charge in [-0.15, -0.1) is 0 Å². The molecule has 0 aliphatic heterocycles. The summed E-state index contributed by atoms with van der Waals surface area (Å²) in [6.07, 6.45) is 3.67. The van der Waals surface area contributed by atoms with E-state index >= 15 is 0 Å². The van der Waals surface area contributed by atoms with Gasteiger partial charge < -0.3 is 5.32 Å². The van der Waals surface area contributed by atoms with Gasteiger partial charge in [-0.1, -0.05) is 52.7 Å². The maximum Gasteiger partial charge on any atom is 0.123 e. The fraction of sp³-hybridized carbons (Fsp3) is 0.667. The Labute approximate surface area is 124 Å². The van der Waals surface area contributed by atoms with Crippen molar-refractivity contribution in [3.63, 3.8) is 0 Å². The largest absolute Gasteiger partial charge is 0.316 e. The van der Waals surface area contributed by atoms with Gasteiger partial charge in [-0.05, 0) is 48.4 Å². The predicted molar refractivity (Wildman–Crippen MR) is 85.5 cm³/mol. The normalized spacial score (nSPS) is 14.5. The zero-order valence-corrected chi connectivity index (χ0v) is 13.5. The van der Waals surface area contributed by atoms with Crippen molar-refractivity contribution in [2.24, 2.45) is 11.8 Å². The van der Waals surface area contributed by atoms with E-state index in [0.717, 1.165) is 19.0 Å². The van der Waals surface area contributed by atoms with Gasteiger partial charge in [0.1, 0.15) is 5.82 Å². The molecule has 1 nitrogen and oxygen atoms in total. The Kier molecular flexibility index (Phi) is 7.83. The van der Waals surface area contributed by atoms with Gasteiger partial charge in [-0.2, -0.15) is 0 Å². The van der Waals surface area contributed by atoms with Crippen molar-refractivity contribution in [1.82, 2.24) is 5.32 Å². The quantitative estimate of drug-likeness (QED) is 0.672. The van der Waals surface area contributed by atoms with Crippen LogP contribution < -0.4 is 5.32 Å². The Bertz CT molecular complexity index is 358. The second kappa shape index (κ2) is 9.12. The lowest BCUT2D eigenvalue weighted by molar-refractivity contribution is 0.412. The van der Waals surface area contributed by atoms with Crippen LogP contribution in [-0.2, 0) is 0 Å². The predicted octanol–water partition coefficient (Wildman–Crippen LogP) is 4.98. The maximum absolute atomic E-state index is 13.1. The second-order valence-corrected chi connectivity index (χ2v) is 6.43. The van der Waals surface area contributed by atoms with Crippen LogP contribution in [-0.4, -0.2) is 13.1 Å². The molecular weight excluding hydrogens is 249 g/mol. The van der Waals surface area contributed by atoms with Crippen LogP contribution in [0.2, 0.25) is 0 Å². The molecule has 0 spiro atoms. The van der Waals surface area contributed by atoms with E-state index in [4.69, 9.17) is 0 Å². The van der Waals surface area contributed by atoms with Gasteiger partial charge in [0.2, 0.25) is 0 Å². The van der Waals surface area contributed by atoms with E-state index in [1.54, 1.807) is 12.1 Å². The van der Waals surface area contributed by atoms with Crippen LogP contribution in [0.5, 0.6) is 0 Å². The summed E-state index contributed by atoms with van der Waals surface area (Å²) in [5.41, 5.74) is 1.26. The third-order valence-electron chi connectivity index (χ3n) is 3.75. The monoisotopic (exact) mass is 279 g/mol. The van der Waals surface area contributed by atoms with Crippen LogP contribution in [0.4, 0.5) is 4.39 Å². The number of nitrogens with one attached hydrogen (secondary N) is 1. The molecule has 0 saturated carbocycles. The topological polar surface area (TPSA) is 12.0 Å². The van der Waals surface area contributed by atoms with Crippen molar-refractivity contribution in [1.29, 1.82) is 0 Å². The van der Waals surface area contributed by atoms with Crippen LogP contribution >= 0.6 is 0 Å². The van der Waals surface area contributed by atoms with E-state index < -0.39 is 0 Å². The van der Waals surface area contributed by atoms with E-state index in [-0.39, 0.29) is 5.82 Å². The summed E-state index contributed by atoms with van der Waals surface area (Å²) < 4.78 is 13.1. The molecule has 0 heterocycles. The molecule has 0 aliphatic carbocycles. The molecule has 1 N–H and O–H groups in total. The average molecular weight is 279 g/mol. The molecule has 0 aromatic heterocycles. The van der Waals surface area contributed by atoms with Crippen molar-refractivity contribution in [2.45, 2.75) is 52.9 Å². The van der Waals surface area contributed by atoms with Crippen molar-refractivity contribution >= 4 is 0 Å². The second-order valence-electron chi connectivity index (χ2n) is 6.43. The van der Waals surface area contributed by atoms with Gasteiger partial charge in [0.15, 0.2) is 0 Å². The first-order valence-corrected chi connectivity index (χ1v) is 7.99. The fourth-order valence-electron chi connectivity index (χ4n) is 2.71. The Morgan fingerprint density at radius 1 is 1.05 bits per heavy atom. The Hall–Kier alpha value is -0.890. The minimum Gasteiger partial charge on any atom is -0.316 e. The zero-order chi connectivity index (χ0) is 15.0. The molecule has 0 aliphatic rings. The molecule has 114 valence electrons. The summed E-state index contributed by atoms with van der Waals surface area (Å²) in [5.74, 6) is 1.72. The third-order valence-corrected chi connectivity index (χ3v) is 3.75. The Morgan fingerprint density at radius 3 is 2.25 bits per heavy atom. The molecule has 0 saturated heterocycles. The first-order chi connectivity index (χ1) is 9.52. The summed E-state index contributed by atoms with van der Waals surface area (Å²) in [5, 5.41) is 3.55. The van der Waals surface area contributed by atoms with E-state index in [9.17, 15) is 4.39 Å². The van der Waals surface area contributed by atoms with Crippen LogP contribution in [0.3, 0.4) is 0 Å². The Morgan fingerprint density at radius 2 is 1.70 bits per heavy atom. The average Bonchev–Trinajstić information content (AvgIpc) is 2.38. The highest BCUT2D eigenvalue weighted by Gasteiger charge is 2.15. The minimum absolute atomic E-state index is 0.149. The number of hydrogen-bond donors (Lipinski definition) is 1. The lowest BCUT2D eigenvalue weighted by Crippen LogP contribution is -2.26. The van der Waals surface area contributed by atoms with Gasteiger partial charge in [0.05, 0.1) is 0 Å². The standard InChI is InChI=1S/C18H30FN/c1-5-6-15(4)11-17(13-20-12-14(2)3)16-7-9-18(19)10-8-16/h7-10,14-15,17,20H,5-6,11-13H2,1-4H3. The molecule has 0 amide bonds. The van der Waals surface area contributed by atoms with Gasteiger partial charge >= 0.3 is 0 Å². The molecule has 1 aromatic carbocycles. The highest BCUT2D eigenvalue weighted by molar-refractivity contribution is 5.21. The smallest absolute Gasteiger partial charge is 0.123 e. The van der Waals surface area contributed by atoms with Gasteiger partial charge in [0, 0.05) is 6.54 Å². The highest BCUT2D eigenvalue weighted by atomic mass is 19.1. The summed E-state index contributed by atoms with van der Waals surface area (Å²) in [6, 6.07) is 7.04. The molecule has 2 heteroatoms. The van der Waals surface area contributed by atoms with E-state index in [1.807, 2.05) is 12.1 Å². The number of rotatable bonds is 9. The van der Waals surface area contributed by atoms with Crippen LogP contribution in [0.25, 0.3) is 0 Å². The van der Waals surface area contributed by atoms with E-state index in [2.05, 4.69) is 33.0 Å². The third kappa shape index (κ3) is 6.51. The van der Waals surface area contributed by atoms with Crippen LogP contribution in [0.1, 0.15) is 58.4 Å². The summed E-state index contributed by atoms with van der Waals surface area (Å²) in [4.78, 5) is 0. The lowest BCUT2D eigenvalue weighted by Gasteiger charge is -2.22. The van der Waals surface area contributed by atoms with Gasteiger partial charge in [-0.3, -0.25) is 0 Å². The number of benzene rings is 1. The number of hydrogen-bond acceptors (Lipinski definition) is 1. The molecular formula is C18H30FN. The first-order valence-electron chi connectivity index (χ1n) is 7.99. The molecule has 0 radical (unpaired) electrons. The molecule has 2 unspecified atom stereocenters. The SMILES string of the molecule is CCCC(C)CC(CNCC(C)C)c1ccc(F)cc1. The van der Waals surface area contributed by atoms with E-state index in [0.29, 0.717) is 11.8 Å². The zero-order valence-electron chi connectivity index (χ0n) is 13.5. The van der Waals surface area contributed by atoms with Crippen LogP contribution in [0.15, 0.2) is 24.3 Å². The molecule has 0 bridgehead atoms. The summed E-state index contributed by atoms with van der Waals surface area (Å²) in [7, 11) is 0.